The second-order valence-electron chi connectivity index (χ2n) is 7.30. The molecule has 1 fully saturated rings. The molecule has 0 bridgehead atoms. The van der Waals surface area contributed by atoms with Gasteiger partial charge in [-0.05, 0) is 62.1 Å². The van der Waals surface area contributed by atoms with Gasteiger partial charge in [0.25, 0.3) is 11.8 Å². The van der Waals surface area contributed by atoms with E-state index in [4.69, 9.17) is 10.2 Å². The molecule has 0 unspecified atom stereocenters. The third kappa shape index (κ3) is 4.93. The molecule has 1 aliphatic heterocycles. The number of amides is 3. The summed E-state index contributed by atoms with van der Waals surface area (Å²) in [5, 5.41) is 2.73. The molecule has 2 heterocycles. The van der Waals surface area contributed by atoms with Crippen LogP contribution in [-0.4, -0.2) is 35.7 Å². The van der Waals surface area contributed by atoms with E-state index >= 15 is 0 Å². The van der Waals surface area contributed by atoms with Crippen molar-refractivity contribution < 1.29 is 18.8 Å². The first kappa shape index (κ1) is 20.4. The molecule has 0 atom stereocenters. The van der Waals surface area contributed by atoms with E-state index < -0.39 is 0 Å². The molecule has 7 nitrogen and oxygen atoms in total. The minimum absolute atomic E-state index is 0.126. The maximum atomic E-state index is 13.1. The van der Waals surface area contributed by atoms with E-state index in [1.165, 1.54) is 12.3 Å². The third-order valence-electron chi connectivity index (χ3n) is 5.26. The van der Waals surface area contributed by atoms with Crippen molar-refractivity contribution in [2.75, 3.05) is 13.1 Å². The zero-order valence-corrected chi connectivity index (χ0v) is 16.6. The van der Waals surface area contributed by atoms with Crippen LogP contribution in [0.25, 0.3) is 6.08 Å². The van der Waals surface area contributed by atoms with Crippen LogP contribution < -0.4 is 11.1 Å². The second kappa shape index (κ2) is 8.77. The summed E-state index contributed by atoms with van der Waals surface area (Å²) >= 11 is 0. The standard InChI is InChI=1S/C22H25N3O4/c1-14-5-6-17(12-15(14)2)21(27)24-19(13-18-4-3-11-29-18)22(28)25-9-7-16(8-10-25)20(23)26/h3-6,11-13,16H,7-10H2,1-2H3,(H2,23,26)(H,24,27). The number of piperidine rings is 1. The van der Waals surface area contributed by atoms with Crippen molar-refractivity contribution >= 4 is 23.8 Å². The topological polar surface area (TPSA) is 106 Å². The zero-order chi connectivity index (χ0) is 21.0. The minimum Gasteiger partial charge on any atom is -0.465 e. The van der Waals surface area contributed by atoms with Crippen LogP contribution in [0.5, 0.6) is 0 Å². The van der Waals surface area contributed by atoms with E-state index in [9.17, 15) is 14.4 Å². The molecule has 0 spiro atoms. The van der Waals surface area contributed by atoms with Crippen molar-refractivity contribution in [3.63, 3.8) is 0 Å². The lowest BCUT2D eigenvalue weighted by Crippen LogP contribution is -2.44. The maximum absolute atomic E-state index is 13.1. The summed E-state index contributed by atoms with van der Waals surface area (Å²) in [7, 11) is 0. The number of hydrogen-bond donors (Lipinski definition) is 2. The number of nitrogens with two attached hydrogens (primary N) is 1. The number of rotatable bonds is 5. The lowest BCUT2D eigenvalue weighted by atomic mass is 9.96. The highest BCUT2D eigenvalue weighted by molar-refractivity contribution is 6.05. The van der Waals surface area contributed by atoms with Crippen LogP contribution in [0.1, 0.15) is 40.1 Å². The molecule has 3 N–H and O–H groups in total. The highest BCUT2D eigenvalue weighted by atomic mass is 16.3. The first-order valence-electron chi connectivity index (χ1n) is 9.57. The lowest BCUT2D eigenvalue weighted by molar-refractivity contribution is -0.131. The highest BCUT2D eigenvalue weighted by Gasteiger charge is 2.28. The number of furan rings is 1. The number of primary amides is 1. The predicted octanol–water partition coefficient (Wildman–Crippen LogP) is 2.39. The third-order valence-corrected chi connectivity index (χ3v) is 5.26. The molecule has 3 amide bonds. The zero-order valence-electron chi connectivity index (χ0n) is 16.6. The van der Waals surface area contributed by atoms with E-state index in [0.717, 1.165) is 11.1 Å². The molecule has 1 aliphatic rings. The summed E-state index contributed by atoms with van der Waals surface area (Å²) in [6.07, 6.45) is 4.04. The fourth-order valence-electron chi connectivity index (χ4n) is 3.28. The Bertz CT molecular complexity index is 939. The van der Waals surface area contributed by atoms with Gasteiger partial charge in [0.2, 0.25) is 5.91 Å². The quantitative estimate of drug-likeness (QED) is 0.758. The largest absolute Gasteiger partial charge is 0.465 e. The fourth-order valence-corrected chi connectivity index (χ4v) is 3.28. The molecular weight excluding hydrogens is 370 g/mol. The van der Waals surface area contributed by atoms with Gasteiger partial charge in [-0.15, -0.1) is 0 Å². The van der Waals surface area contributed by atoms with Gasteiger partial charge < -0.3 is 20.4 Å². The van der Waals surface area contributed by atoms with E-state index in [1.807, 2.05) is 19.9 Å². The van der Waals surface area contributed by atoms with Gasteiger partial charge in [0.15, 0.2) is 0 Å². The summed E-state index contributed by atoms with van der Waals surface area (Å²) < 4.78 is 5.31. The average molecular weight is 395 g/mol. The molecule has 1 saturated heterocycles. The van der Waals surface area contributed by atoms with Crippen molar-refractivity contribution in [1.82, 2.24) is 10.2 Å². The summed E-state index contributed by atoms with van der Waals surface area (Å²) in [6, 6.07) is 8.80. The van der Waals surface area contributed by atoms with Gasteiger partial charge >= 0.3 is 0 Å². The van der Waals surface area contributed by atoms with Crippen LogP contribution >= 0.6 is 0 Å². The van der Waals surface area contributed by atoms with Crippen LogP contribution in [0.4, 0.5) is 0 Å². The summed E-state index contributed by atoms with van der Waals surface area (Å²) in [4.78, 5) is 38.8. The van der Waals surface area contributed by atoms with Gasteiger partial charge in [-0.2, -0.15) is 0 Å². The van der Waals surface area contributed by atoms with Crippen LogP contribution in [0.15, 0.2) is 46.7 Å². The summed E-state index contributed by atoms with van der Waals surface area (Å²) in [5.41, 5.74) is 8.04. The first-order chi connectivity index (χ1) is 13.8. The number of aryl methyl sites for hydroxylation is 2. The number of carbonyl (C=O) groups excluding carboxylic acids is 3. The Labute approximate surface area is 169 Å². The van der Waals surface area contributed by atoms with E-state index in [0.29, 0.717) is 37.3 Å². The fraction of sp³-hybridized carbons (Fsp3) is 0.318. The first-order valence-corrected chi connectivity index (χ1v) is 9.57. The SMILES string of the molecule is Cc1ccc(C(=O)NC(=Cc2ccco2)C(=O)N2CCC(C(N)=O)CC2)cc1C. The molecule has 1 aromatic carbocycles. The van der Waals surface area contributed by atoms with Crippen LogP contribution in [-0.2, 0) is 9.59 Å². The van der Waals surface area contributed by atoms with Gasteiger partial charge in [0.05, 0.1) is 6.26 Å². The second-order valence-corrected chi connectivity index (χ2v) is 7.30. The molecule has 7 heteroatoms. The van der Waals surface area contributed by atoms with Crippen LogP contribution in [0.3, 0.4) is 0 Å². The van der Waals surface area contributed by atoms with Crippen molar-refractivity contribution in [2.45, 2.75) is 26.7 Å². The van der Waals surface area contributed by atoms with Gasteiger partial charge in [0.1, 0.15) is 11.5 Å². The van der Waals surface area contributed by atoms with E-state index in [1.54, 1.807) is 29.2 Å². The number of likely N-dealkylation sites (tertiary alicyclic amines) is 1. The predicted molar refractivity (Wildman–Crippen MR) is 109 cm³/mol. The monoisotopic (exact) mass is 395 g/mol. The van der Waals surface area contributed by atoms with Crippen molar-refractivity contribution in [2.24, 2.45) is 11.7 Å². The van der Waals surface area contributed by atoms with Crippen LogP contribution in [0, 0.1) is 19.8 Å². The number of benzene rings is 1. The molecular formula is C22H25N3O4. The minimum atomic E-state index is -0.369. The molecule has 152 valence electrons. The number of nitrogens with one attached hydrogen (secondary N) is 1. The Morgan fingerprint density at radius 2 is 1.86 bits per heavy atom. The lowest BCUT2D eigenvalue weighted by Gasteiger charge is -2.31. The Hall–Kier alpha value is -3.35. The molecule has 3 rings (SSSR count). The smallest absolute Gasteiger partial charge is 0.270 e. The molecule has 2 aromatic rings. The maximum Gasteiger partial charge on any atom is 0.270 e. The molecule has 0 aliphatic carbocycles. The Balaban J connectivity index is 1.80. The highest BCUT2D eigenvalue weighted by Crippen LogP contribution is 2.19. The van der Waals surface area contributed by atoms with Crippen molar-refractivity contribution in [1.29, 1.82) is 0 Å². The Kier molecular flexibility index (Phi) is 6.16. The molecule has 1 aromatic heterocycles. The number of hydrogen-bond acceptors (Lipinski definition) is 4. The van der Waals surface area contributed by atoms with E-state index in [2.05, 4.69) is 5.32 Å². The molecule has 29 heavy (non-hydrogen) atoms. The number of nitrogens with zero attached hydrogens (tertiary/aromatic N) is 1. The van der Waals surface area contributed by atoms with Gasteiger partial charge in [0, 0.05) is 30.6 Å². The summed E-state index contributed by atoms with van der Waals surface area (Å²) in [6.45, 7) is 4.71. The average Bonchev–Trinajstić information content (AvgIpc) is 3.22. The Morgan fingerprint density at radius 1 is 1.14 bits per heavy atom. The summed E-state index contributed by atoms with van der Waals surface area (Å²) in [5.74, 6) is -0.790. The molecule has 0 saturated carbocycles. The van der Waals surface area contributed by atoms with E-state index in [-0.39, 0.29) is 29.3 Å². The van der Waals surface area contributed by atoms with Crippen molar-refractivity contribution in [3.05, 3.63) is 64.7 Å². The van der Waals surface area contributed by atoms with Gasteiger partial charge in [-0.3, -0.25) is 14.4 Å². The van der Waals surface area contributed by atoms with Crippen molar-refractivity contribution in [3.8, 4) is 0 Å². The molecule has 0 radical (unpaired) electrons. The van der Waals surface area contributed by atoms with Gasteiger partial charge in [-0.1, -0.05) is 6.07 Å². The number of carbonyl (C=O) groups is 3. The normalized spacial score (nSPS) is 15.2. The Morgan fingerprint density at radius 3 is 2.45 bits per heavy atom. The van der Waals surface area contributed by atoms with Crippen LogP contribution in [0.2, 0.25) is 0 Å². The van der Waals surface area contributed by atoms with Gasteiger partial charge in [-0.25, -0.2) is 0 Å².